The van der Waals surface area contributed by atoms with Crippen molar-refractivity contribution < 1.29 is 24.0 Å². The highest BCUT2D eigenvalue weighted by molar-refractivity contribution is 6.21. The van der Waals surface area contributed by atoms with E-state index in [9.17, 15) is 24.5 Å². The predicted molar refractivity (Wildman–Crippen MR) is 129 cm³/mol. The molecule has 0 atom stereocenters. The minimum Gasteiger partial charge on any atom is -0.494 e. The molecule has 0 saturated carbocycles. The molecule has 0 aliphatic carbocycles. The van der Waals surface area contributed by atoms with Crippen LogP contribution in [0.25, 0.3) is 6.08 Å². The Kier molecular flexibility index (Phi) is 6.68. The van der Waals surface area contributed by atoms with Crippen LogP contribution in [-0.2, 0) is 4.79 Å². The van der Waals surface area contributed by atoms with Crippen molar-refractivity contribution in [1.82, 2.24) is 4.90 Å². The van der Waals surface area contributed by atoms with Gasteiger partial charge in [-0.2, -0.15) is 0 Å². The molecule has 9 heteroatoms. The molecule has 3 aromatic carbocycles. The number of hydrogen-bond acceptors (Lipinski definition) is 6. The Morgan fingerprint density at radius 1 is 1.00 bits per heavy atom. The Morgan fingerprint density at radius 3 is 2.26 bits per heavy atom. The number of amides is 3. The largest absolute Gasteiger partial charge is 0.494 e. The Labute approximate surface area is 201 Å². The van der Waals surface area contributed by atoms with E-state index in [0.29, 0.717) is 23.6 Å². The molecule has 1 heterocycles. The maximum atomic E-state index is 13.2. The van der Waals surface area contributed by atoms with Gasteiger partial charge in [0.25, 0.3) is 23.4 Å². The monoisotopic (exact) mass is 471 g/mol. The van der Waals surface area contributed by atoms with E-state index < -0.39 is 22.6 Å². The number of nitro groups is 1. The van der Waals surface area contributed by atoms with Gasteiger partial charge in [-0.25, -0.2) is 0 Å². The van der Waals surface area contributed by atoms with Crippen molar-refractivity contribution in [2.75, 3.05) is 18.2 Å². The van der Waals surface area contributed by atoms with Gasteiger partial charge in [0, 0.05) is 23.9 Å². The lowest BCUT2D eigenvalue weighted by atomic mass is 10.1. The highest BCUT2D eigenvalue weighted by Gasteiger charge is 2.37. The number of imide groups is 1. The molecule has 0 spiro atoms. The number of nitro benzene ring substituents is 1. The Hall–Kier alpha value is -4.79. The molecule has 3 amide bonds. The van der Waals surface area contributed by atoms with Crippen molar-refractivity contribution in [3.05, 3.63) is 106 Å². The van der Waals surface area contributed by atoms with Gasteiger partial charge in [0.2, 0.25) is 0 Å². The van der Waals surface area contributed by atoms with Gasteiger partial charge in [0.05, 0.1) is 22.7 Å². The molecular formula is C26H21N3O6. The van der Waals surface area contributed by atoms with Gasteiger partial charge in [-0.1, -0.05) is 24.3 Å². The van der Waals surface area contributed by atoms with Gasteiger partial charge in [-0.05, 0) is 55.0 Å². The number of hydrogen-bond donors (Lipinski definition) is 0. The molecule has 1 aliphatic heterocycles. The van der Waals surface area contributed by atoms with Crippen LogP contribution in [0.15, 0.2) is 78.9 Å². The van der Waals surface area contributed by atoms with E-state index in [1.54, 1.807) is 54.6 Å². The molecule has 0 unspecified atom stereocenters. The number of benzene rings is 3. The second-order valence-corrected chi connectivity index (χ2v) is 7.60. The topological polar surface area (TPSA) is 110 Å². The summed E-state index contributed by atoms with van der Waals surface area (Å²) in [4.78, 5) is 51.8. The fraction of sp³-hybridized carbons (Fsp3) is 0.115. The van der Waals surface area contributed by atoms with Gasteiger partial charge in [-0.3, -0.25) is 34.3 Å². The molecule has 9 nitrogen and oxygen atoms in total. The van der Waals surface area contributed by atoms with E-state index in [1.165, 1.54) is 35.3 Å². The molecule has 0 N–H and O–H groups in total. The lowest BCUT2D eigenvalue weighted by Crippen LogP contribution is -2.43. The summed E-state index contributed by atoms with van der Waals surface area (Å²) >= 11 is 0. The van der Waals surface area contributed by atoms with E-state index in [1.807, 2.05) is 6.92 Å². The standard InChI is InChI=1S/C26H21N3O6/c1-2-35-21-13-11-19(12-14-21)27(17-28-25(31)22-8-3-4-9-23(22)26(28)32)24(30)15-10-18-6-5-7-20(16-18)29(33)34/h3-16H,2,17H2,1H3. The number of non-ortho nitro benzene ring substituents is 1. The zero-order valence-corrected chi connectivity index (χ0v) is 18.8. The summed E-state index contributed by atoms with van der Waals surface area (Å²) in [5.41, 5.74) is 1.36. The zero-order chi connectivity index (χ0) is 24.9. The number of anilines is 1. The maximum absolute atomic E-state index is 13.2. The van der Waals surface area contributed by atoms with Crippen LogP contribution < -0.4 is 9.64 Å². The van der Waals surface area contributed by atoms with Crippen molar-refractivity contribution in [3.63, 3.8) is 0 Å². The van der Waals surface area contributed by atoms with Crippen molar-refractivity contribution in [3.8, 4) is 5.75 Å². The fourth-order valence-electron chi connectivity index (χ4n) is 3.68. The highest BCUT2D eigenvalue weighted by Crippen LogP contribution is 2.26. The molecular weight excluding hydrogens is 450 g/mol. The number of rotatable bonds is 8. The molecule has 0 radical (unpaired) electrons. The SMILES string of the molecule is CCOc1ccc(N(CN2C(=O)c3ccccc3C2=O)C(=O)C=Cc2cccc([N+](=O)[O-])c2)cc1. The summed E-state index contributed by atoms with van der Waals surface area (Å²) in [7, 11) is 0. The first kappa shape index (κ1) is 23.4. The predicted octanol–water partition coefficient (Wildman–Crippen LogP) is 4.29. The van der Waals surface area contributed by atoms with E-state index in [4.69, 9.17) is 4.74 Å². The van der Waals surface area contributed by atoms with Crippen LogP contribution in [0.2, 0.25) is 0 Å². The summed E-state index contributed by atoms with van der Waals surface area (Å²) in [6.45, 7) is 2.02. The summed E-state index contributed by atoms with van der Waals surface area (Å²) in [6, 6.07) is 19.0. The van der Waals surface area contributed by atoms with E-state index in [2.05, 4.69) is 0 Å². The minimum absolute atomic E-state index is 0.103. The normalized spacial score (nSPS) is 12.7. The van der Waals surface area contributed by atoms with Gasteiger partial charge in [0.15, 0.2) is 0 Å². The molecule has 0 saturated heterocycles. The van der Waals surface area contributed by atoms with Crippen molar-refractivity contribution in [1.29, 1.82) is 0 Å². The van der Waals surface area contributed by atoms with Gasteiger partial charge in [-0.15, -0.1) is 0 Å². The number of ether oxygens (including phenoxy) is 1. The summed E-state index contributed by atoms with van der Waals surface area (Å²) in [6.07, 6.45) is 2.69. The first-order chi connectivity index (χ1) is 16.9. The number of carbonyl (C=O) groups is 3. The second kappa shape index (κ2) is 10.0. The molecule has 0 fully saturated rings. The van der Waals surface area contributed by atoms with Crippen molar-refractivity contribution >= 4 is 35.2 Å². The minimum atomic E-state index is -0.520. The van der Waals surface area contributed by atoms with Crippen LogP contribution in [-0.4, -0.2) is 40.8 Å². The highest BCUT2D eigenvalue weighted by atomic mass is 16.6. The Balaban J connectivity index is 1.63. The third-order valence-corrected chi connectivity index (χ3v) is 5.39. The molecule has 3 aromatic rings. The second-order valence-electron chi connectivity index (χ2n) is 7.60. The first-order valence-electron chi connectivity index (χ1n) is 10.8. The van der Waals surface area contributed by atoms with Gasteiger partial charge < -0.3 is 4.74 Å². The van der Waals surface area contributed by atoms with Crippen LogP contribution in [0.3, 0.4) is 0 Å². The van der Waals surface area contributed by atoms with Crippen molar-refractivity contribution in [2.45, 2.75) is 6.92 Å². The van der Waals surface area contributed by atoms with Crippen LogP contribution in [0, 0.1) is 10.1 Å². The fourth-order valence-corrected chi connectivity index (χ4v) is 3.68. The van der Waals surface area contributed by atoms with Gasteiger partial charge in [0.1, 0.15) is 12.4 Å². The zero-order valence-electron chi connectivity index (χ0n) is 18.8. The van der Waals surface area contributed by atoms with Crippen LogP contribution >= 0.6 is 0 Å². The Bertz CT molecular complexity index is 1300. The third-order valence-electron chi connectivity index (χ3n) is 5.39. The molecule has 176 valence electrons. The van der Waals surface area contributed by atoms with Crippen LogP contribution in [0.4, 0.5) is 11.4 Å². The smallest absolute Gasteiger partial charge is 0.270 e. The number of nitrogens with zero attached hydrogens (tertiary/aromatic N) is 3. The lowest BCUT2D eigenvalue weighted by Gasteiger charge is -2.26. The number of fused-ring (bicyclic) bond motifs is 1. The molecule has 4 rings (SSSR count). The lowest BCUT2D eigenvalue weighted by molar-refractivity contribution is -0.384. The molecule has 1 aliphatic rings. The van der Waals surface area contributed by atoms with Crippen LogP contribution in [0.5, 0.6) is 5.75 Å². The average Bonchev–Trinajstić information content (AvgIpc) is 3.11. The quantitative estimate of drug-likeness (QED) is 0.210. The average molecular weight is 471 g/mol. The third kappa shape index (κ3) is 4.93. The van der Waals surface area contributed by atoms with Crippen molar-refractivity contribution in [2.24, 2.45) is 0 Å². The maximum Gasteiger partial charge on any atom is 0.270 e. The summed E-state index contributed by atoms with van der Waals surface area (Å²) in [5, 5.41) is 11.0. The summed E-state index contributed by atoms with van der Waals surface area (Å²) < 4.78 is 5.46. The number of carbonyl (C=O) groups excluding carboxylic acids is 3. The van der Waals surface area contributed by atoms with E-state index in [0.717, 1.165) is 4.90 Å². The van der Waals surface area contributed by atoms with E-state index in [-0.39, 0.29) is 23.5 Å². The Morgan fingerprint density at radius 2 is 1.66 bits per heavy atom. The molecule has 0 aromatic heterocycles. The first-order valence-corrected chi connectivity index (χ1v) is 10.8. The summed E-state index contributed by atoms with van der Waals surface area (Å²) in [5.74, 6) is -0.886. The molecule has 35 heavy (non-hydrogen) atoms. The van der Waals surface area contributed by atoms with Crippen LogP contribution in [0.1, 0.15) is 33.2 Å². The van der Waals surface area contributed by atoms with E-state index >= 15 is 0 Å². The molecule has 0 bridgehead atoms. The van der Waals surface area contributed by atoms with Gasteiger partial charge >= 0.3 is 0 Å².